The molecule has 2 aliphatic rings. The van der Waals surface area contributed by atoms with Gasteiger partial charge in [0.25, 0.3) is 0 Å². The molecule has 0 bridgehead atoms. The van der Waals surface area contributed by atoms with Crippen molar-refractivity contribution in [2.45, 2.75) is 6.42 Å². The minimum Gasteiger partial charge on any atom is -0.378 e. The molecule has 1 fully saturated rings. The van der Waals surface area contributed by atoms with Crippen LogP contribution >= 0.6 is 0 Å². The highest BCUT2D eigenvalue weighted by molar-refractivity contribution is 5.85. The van der Waals surface area contributed by atoms with E-state index in [4.69, 9.17) is 4.74 Å². The number of ether oxygens (including phenoxy) is 1. The summed E-state index contributed by atoms with van der Waals surface area (Å²) in [6.07, 6.45) is 11.8. The van der Waals surface area contributed by atoms with Gasteiger partial charge in [-0.2, -0.15) is 5.10 Å². The summed E-state index contributed by atoms with van der Waals surface area (Å²) in [5.41, 5.74) is 4.60. The number of aryl methyl sites for hydroxylation is 1. The number of hydrogen-bond donors (Lipinski definition) is 1. The fraction of sp³-hybridized carbons (Fsp3) is 0.280. The Morgan fingerprint density at radius 1 is 1.18 bits per heavy atom. The number of carbonyl (C=O) groups is 1. The molecule has 0 radical (unpaired) electrons. The molecule has 33 heavy (non-hydrogen) atoms. The minimum absolute atomic E-state index is 0.0220. The maximum absolute atomic E-state index is 13.6. The predicted molar refractivity (Wildman–Crippen MR) is 126 cm³/mol. The van der Waals surface area contributed by atoms with Gasteiger partial charge >= 0.3 is 0 Å². The van der Waals surface area contributed by atoms with Crippen LogP contribution < -0.4 is 10.7 Å². The van der Waals surface area contributed by atoms with Gasteiger partial charge in [0.15, 0.2) is 5.43 Å². The average Bonchev–Trinajstić information content (AvgIpc) is 3.11. The summed E-state index contributed by atoms with van der Waals surface area (Å²) in [7, 11) is 1.85. The topological polar surface area (TPSA) is 89.4 Å². The van der Waals surface area contributed by atoms with Crippen molar-refractivity contribution < 1.29 is 9.53 Å². The highest BCUT2D eigenvalue weighted by Crippen LogP contribution is 2.22. The fourth-order valence-corrected chi connectivity index (χ4v) is 4.14. The summed E-state index contributed by atoms with van der Waals surface area (Å²) in [4.78, 5) is 32.4. The summed E-state index contributed by atoms with van der Waals surface area (Å²) >= 11 is 0. The van der Waals surface area contributed by atoms with Crippen LogP contribution in [0.15, 0.2) is 59.4 Å². The molecule has 5 rings (SSSR count). The van der Waals surface area contributed by atoms with Gasteiger partial charge in [-0.1, -0.05) is 12.1 Å². The lowest BCUT2D eigenvalue weighted by molar-refractivity contribution is -0.134. The molecule has 2 aromatic heterocycles. The molecule has 1 amide bonds. The van der Waals surface area contributed by atoms with Crippen molar-refractivity contribution in [1.82, 2.24) is 25.0 Å². The van der Waals surface area contributed by atoms with E-state index in [0.29, 0.717) is 49.2 Å². The Morgan fingerprint density at radius 2 is 2.03 bits per heavy atom. The van der Waals surface area contributed by atoms with Crippen LogP contribution in [-0.4, -0.2) is 58.4 Å². The smallest absolute Gasteiger partial charge is 0.242 e. The number of nitrogens with one attached hydrogen (secondary N) is 1. The van der Waals surface area contributed by atoms with Crippen LogP contribution in [0, 0.1) is 0 Å². The first-order chi connectivity index (χ1) is 16.1. The number of nitrogens with zero attached hydrogens (tertiary/aromatic N) is 4. The molecule has 0 spiro atoms. The number of allylic oxidation sites excluding steroid dienone is 2. The standard InChI is InChI=1S/C25H25N5O3/c1-29-16-19(14-28-29)18-11-22-23(27-13-18)6-5-17-3-2-4-20(12-21(17)25(22)32)26-15-24(31)30-7-9-33-10-8-30/h2,4-6,11-14,16,26H,3,7-10,15H2,1H3. The Bertz CT molecular complexity index is 1340. The second-order valence-corrected chi connectivity index (χ2v) is 8.21. The van der Waals surface area contributed by atoms with E-state index in [2.05, 4.69) is 15.4 Å². The monoisotopic (exact) mass is 443 g/mol. The summed E-state index contributed by atoms with van der Waals surface area (Å²) in [6.45, 7) is 2.53. The van der Waals surface area contributed by atoms with Crippen molar-refractivity contribution in [2.75, 3.05) is 32.8 Å². The molecular weight excluding hydrogens is 418 g/mol. The van der Waals surface area contributed by atoms with E-state index in [1.165, 1.54) is 0 Å². The Kier molecular flexibility index (Phi) is 5.75. The predicted octanol–water partition coefficient (Wildman–Crippen LogP) is 1.90. The molecule has 0 atom stereocenters. The van der Waals surface area contributed by atoms with Crippen LogP contribution in [0.2, 0.25) is 0 Å². The molecule has 1 aliphatic heterocycles. The largest absolute Gasteiger partial charge is 0.378 e. The maximum atomic E-state index is 13.6. The van der Waals surface area contributed by atoms with Gasteiger partial charge in [0.2, 0.25) is 5.91 Å². The van der Waals surface area contributed by atoms with Crippen molar-refractivity contribution >= 4 is 22.9 Å². The van der Waals surface area contributed by atoms with Gasteiger partial charge in [0, 0.05) is 60.3 Å². The van der Waals surface area contributed by atoms with Crippen LogP contribution in [-0.2, 0) is 23.0 Å². The van der Waals surface area contributed by atoms with Crippen molar-refractivity contribution in [3.8, 4) is 11.1 Å². The summed E-state index contributed by atoms with van der Waals surface area (Å²) in [6, 6.07) is 5.73. The molecule has 1 aliphatic carbocycles. The zero-order chi connectivity index (χ0) is 22.8. The number of aromatic nitrogens is 3. The summed E-state index contributed by atoms with van der Waals surface area (Å²) in [5.74, 6) is 0.0220. The van der Waals surface area contributed by atoms with Gasteiger partial charge in [-0.15, -0.1) is 0 Å². The number of pyridine rings is 1. The number of hydrogen-bond acceptors (Lipinski definition) is 6. The Hall–Kier alpha value is -3.78. The van der Waals surface area contributed by atoms with E-state index in [9.17, 15) is 9.59 Å². The fourth-order valence-electron chi connectivity index (χ4n) is 4.14. The van der Waals surface area contributed by atoms with E-state index in [1.807, 2.05) is 49.7 Å². The third-order valence-corrected chi connectivity index (χ3v) is 5.98. The molecule has 0 saturated carbocycles. The molecule has 8 heteroatoms. The van der Waals surface area contributed by atoms with E-state index in [1.54, 1.807) is 22.0 Å². The first kappa shape index (κ1) is 21.1. The Morgan fingerprint density at radius 3 is 2.82 bits per heavy atom. The molecule has 3 aromatic rings. The quantitative estimate of drug-likeness (QED) is 0.663. The molecule has 1 saturated heterocycles. The number of carbonyl (C=O) groups excluding carboxylic acids is 1. The third-order valence-electron chi connectivity index (χ3n) is 5.98. The van der Waals surface area contributed by atoms with E-state index in [-0.39, 0.29) is 17.9 Å². The Labute approximate surface area is 191 Å². The first-order valence-corrected chi connectivity index (χ1v) is 11.0. The lowest BCUT2D eigenvalue weighted by atomic mass is 10.1. The van der Waals surface area contributed by atoms with Crippen LogP contribution in [0.3, 0.4) is 0 Å². The van der Waals surface area contributed by atoms with E-state index < -0.39 is 0 Å². The van der Waals surface area contributed by atoms with Crippen LogP contribution in [0.1, 0.15) is 11.1 Å². The van der Waals surface area contributed by atoms with Gasteiger partial charge in [-0.05, 0) is 36.3 Å². The molecule has 3 heterocycles. The first-order valence-electron chi connectivity index (χ1n) is 11.0. The molecule has 8 nitrogen and oxygen atoms in total. The lowest BCUT2D eigenvalue weighted by Gasteiger charge is -2.27. The number of fused-ring (bicyclic) bond motifs is 2. The molecule has 168 valence electrons. The van der Waals surface area contributed by atoms with Gasteiger partial charge in [0.1, 0.15) is 0 Å². The second-order valence-electron chi connectivity index (χ2n) is 8.21. The van der Waals surface area contributed by atoms with E-state index >= 15 is 0 Å². The van der Waals surface area contributed by atoms with Gasteiger partial charge in [-0.3, -0.25) is 19.3 Å². The normalized spacial score (nSPS) is 15.7. The van der Waals surface area contributed by atoms with Crippen molar-refractivity contribution in [3.63, 3.8) is 0 Å². The second kappa shape index (κ2) is 8.99. The van der Waals surface area contributed by atoms with Gasteiger partial charge in [0.05, 0.1) is 31.5 Å². The highest BCUT2D eigenvalue weighted by Gasteiger charge is 2.17. The van der Waals surface area contributed by atoms with Crippen LogP contribution in [0.4, 0.5) is 0 Å². The van der Waals surface area contributed by atoms with Crippen molar-refractivity contribution in [3.05, 3.63) is 76.0 Å². The SMILES string of the molecule is Cn1cc(-c2cnc3ccc4c(c(=O)c3c2)C=C(NCC(=O)N2CCOCC2)C=CC4)cn1. The van der Waals surface area contributed by atoms with Gasteiger partial charge < -0.3 is 15.0 Å². The summed E-state index contributed by atoms with van der Waals surface area (Å²) in [5, 5.41) is 7.97. The summed E-state index contributed by atoms with van der Waals surface area (Å²) < 4.78 is 7.03. The zero-order valence-electron chi connectivity index (χ0n) is 18.5. The molecule has 1 N–H and O–H groups in total. The third kappa shape index (κ3) is 4.42. The zero-order valence-corrected chi connectivity index (χ0v) is 18.5. The van der Waals surface area contributed by atoms with E-state index in [0.717, 1.165) is 22.4 Å². The maximum Gasteiger partial charge on any atom is 0.242 e. The van der Waals surface area contributed by atoms with Crippen molar-refractivity contribution in [1.29, 1.82) is 0 Å². The number of amides is 1. The lowest BCUT2D eigenvalue weighted by Crippen LogP contribution is -2.44. The number of rotatable bonds is 4. The molecule has 0 unspecified atom stereocenters. The molecular formula is C25H25N5O3. The molecule has 1 aromatic carbocycles. The average molecular weight is 444 g/mol. The van der Waals surface area contributed by atoms with Crippen molar-refractivity contribution in [2.24, 2.45) is 7.05 Å². The minimum atomic E-state index is -0.0780. The van der Waals surface area contributed by atoms with Crippen LogP contribution in [0.25, 0.3) is 28.1 Å². The highest BCUT2D eigenvalue weighted by atomic mass is 16.5. The Balaban J connectivity index is 1.49. The number of morpholine rings is 1. The van der Waals surface area contributed by atoms with Gasteiger partial charge in [-0.25, -0.2) is 0 Å². The van der Waals surface area contributed by atoms with Crippen LogP contribution in [0.5, 0.6) is 0 Å².